The molecule has 1 atom stereocenters. The van der Waals surface area contributed by atoms with Crippen molar-refractivity contribution in [3.63, 3.8) is 0 Å². The van der Waals surface area contributed by atoms with Gasteiger partial charge in [0.2, 0.25) is 0 Å². The van der Waals surface area contributed by atoms with Crippen LogP contribution in [0, 0.1) is 6.92 Å². The fourth-order valence-electron chi connectivity index (χ4n) is 4.78. The normalized spacial score (nSPS) is 14.3. The Morgan fingerprint density at radius 1 is 0.979 bits per heavy atom. The second-order valence-electron chi connectivity index (χ2n) is 10.3. The summed E-state index contributed by atoms with van der Waals surface area (Å²) in [5.41, 5.74) is 6.32. The van der Waals surface area contributed by atoms with Gasteiger partial charge >= 0.3 is 12.0 Å². The minimum Gasteiger partial charge on any atom is -0.493 e. The second kappa shape index (κ2) is 16.4. The van der Waals surface area contributed by atoms with Crippen LogP contribution in [0.15, 0.2) is 71.0 Å². The quantitative estimate of drug-likeness (QED) is 0.119. The minimum atomic E-state index is -0.783. The molecule has 0 saturated carbocycles. The number of aryl methyl sites for hydroxylation is 1. The predicted octanol–water partition coefficient (Wildman–Crippen LogP) is 5.35. The minimum absolute atomic E-state index is 0.177. The fraction of sp³-hybridized carbons (Fsp3) is 0.294. The number of methoxy groups -OCH3 is 1. The van der Waals surface area contributed by atoms with Gasteiger partial charge in [0.15, 0.2) is 29.6 Å². The van der Waals surface area contributed by atoms with Crippen LogP contribution < -0.4 is 35.0 Å². The van der Waals surface area contributed by atoms with Crippen LogP contribution >= 0.6 is 11.6 Å². The summed E-state index contributed by atoms with van der Waals surface area (Å²) in [5.74, 6) is 0.325. The smallest absolute Gasteiger partial charge is 0.338 e. The largest absolute Gasteiger partial charge is 0.493 e. The molecule has 0 aromatic heterocycles. The van der Waals surface area contributed by atoms with Crippen molar-refractivity contribution in [2.45, 2.75) is 40.3 Å². The molecule has 0 saturated heterocycles. The van der Waals surface area contributed by atoms with Crippen LogP contribution in [0.3, 0.4) is 0 Å². The van der Waals surface area contributed by atoms with E-state index in [1.807, 2.05) is 38.1 Å². The van der Waals surface area contributed by atoms with Crippen LogP contribution in [-0.4, -0.2) is 51.1 Å². The summed E-state index contributed by atoms with van der Waals surface area (Å²) in [6.07, 6.45) is 1.43. The van der Waals surface area contributed by atoms with E-state index in [2.05, 4.69) is 21.2 Å². The first-order chi connectivity index (χ1) is 22.6. The average molecular weight is 665 g/mol. The number of rotatable bonds is 14. The maximum atomic E-state index is 12.6. The van der Waals surface area contributed by atoms with Gasteiger partial charge in [-0.3, -0.25) is 4.79 Å². The van der Waals surface area contributed by atoms with Gasteiger partial charge in [-0.1, -0.05) is 47.5 Å². The number of hydrogen-bond acceptors (Lipinski definition) is 9. The monoisotopic (exact) mass is 664 g/mol. The van der Waals surface area contributed by atoms with Gasteiger partial charge in [0.1, 0.15) is 6.61 Å². The summed E-state index contributed by atoms with van der Waals surface area (Å²) in [5, 5.41) is 9.67. The van der Waals surface area contributed by atoms with E-state index in [9.17, 15) is 14.4 Å². The lowest BCUT2D eigenvalue weighted by atomic mass is 9.95. The zero-order valence-electron chi connectivity index (χ0n) is 26.8. The van der Waals surface area contributed by atoms with Gasteiger partial charge in [-0.2, -0.15) is 5.10 Å². The molecule has 0 aliphatic carbocycles. The average Bonchev–Trinajstić information content (AvgIpc) is 3.03. The van der Waals surface area contributed by atoms with E-state index in [0.29, 0.717) is 46.6 Å². The Morgan fingerprint density at radius 3 is 2.51 bits per heavy atom. The van der Waals surface area contributed by atoms with Crippen molar-refractivity contribution in [2.24, 2.45) is 5.10 Å². The number of benzene rings is 3. The lowest BCUT2D eigenvalue weighted by molar-refractivity contribution is -0.139. The second-order valence-corrected chi connectivity index (χ2v) is 10.7. The molecule has 47 heavy (non-hydrogen) atoms. The molecule has 3 N–H and O–H groups in total. The lowest BCUT2D eigenvalue weighted by Gasteiger charge is -2.28. The number of hydrazone groups is 1. The van der Waals surface area contributed by atoms with Gasteiger partial charge < -0.3 is 34.3 Å². The number of hydrogen-bond donors (Lipinski definition) is 3. The van der Waals surface area contributed by atoms with Crippen LogP contribution in [0.4, 0.5) is 4.79 Å². The number of halogens is 1. The van der Waals surface area contributed by atoms with Crippen molar-refractivity contribution in [2.75, 3.05) is 26.9 Å². The van der Waals surface area contributed by atoms with E-state index >= 15 is 0 Å². The van der Waals surface area contributed by atoms with Crippen LogP contribution in [0.5, 0.6) is 23.0 Å². The first-order valence-corrected chi connectivity index (χ1v) is 15.2. The zero-order valence-corrected chi connectivity index (χ0v) is 27.5. The predicted molar refractivity (Wildman–Crippen MR) is 176 cm³/mol. The molecule has 3 aromatic carbocycles. The molecule has 3 aromatic rings. The van der Waals surface area contributed by atoms with Gasteiger partial charge in [-0.15, -0.1) is 0 Å². The molecule has 248 valence electrons. The fourth-order valence-corrected chi connectivity index (χ4v) is 5.06. The third kappa shape index (κ3) is 9.17. The molecule has 0 bridgehead atoms. The summed E-state index contributed by atoms with van der Waals surface area (Å²) in [6, 6.07) is 15.0. The summed E-state index contributed by atoms with van der Waals surface area (Å²) in [6.45, 7) is 7.70. The van der Waals surface area contributed by atoms with Crippen molar-refractivity contribution >= 4 is 35.7 Å². The van der Waals surface area contributed by atoms with Gasteiger partial charge in [0.05, 0.1) is 43.2 Å². The van der Waals surface area contributed by atoms with Crippen LogP contribution in [-0.2, 0) is 20.9 Å². The van der Waals surface area contributed by atoms with E-state index in [1.54, 1.807) is 44.2 Å². The topological polar surface area (TPSA) is 146 Å². The van der Waals surface area contributed by atoms with E-state index in [0.717, 1.165) is 11.1 Å². The maximum absolute atomic E-state index is 12.6. The maximum Gasteiger partial charge on any atom is 0.338 e. The third-order valence-electron chi connectivity index (χ3n) is 6.84. The highest BCUT2D eigenvalue weighted by molar-refractivity contribution is 6.32. The van der Waals surface area contributed by atoms with Crippen molar-refractivity contribution in [1.29, 1.82) is 0 Å². The molecular formula is C34H37ClN4O8. The van der Waals surface area contributed by atoms with E-state index in [-0.39, 0.29) is 30.3 Å². The molecule has 3 amide bonds. The Kier molecular flexibility index (Phi) is 12.1. The molecule has 1 aliphatic rings. The van der Waals surface area contributed by atoms with Crippen molar-refractivity contribution in [3.8, 4) is 23.0 Å². The van der Waals surface area contributed by atoms with Gasteiger partial charge in [-0.05, 0) is 68.7 Å². The molecule has 1 heterocycles. The molecule has 0 spiro atoms. The van der Waals surface area contributed by atoms with Crippen LogP contribution in [0.25, 0.3) is 0 Å². The molecule has 12 nitrogen and oxygen atoms in total. The third-order valence-corrected chi connectivity index (χ3v) is 7.13. The molecule has 0 fully saturated rings. The number of carbonyl (C=O) groups is 3. The highest BCUT2D eigenvalue weighted by atomic mass is 35.5. The number of amides is 3. The highest BCUT2D eigenvalue weighted by Gasteiger charge is 2.32. The number of carbonyl (C=O) groups excluding carboxylic acids is 3. The number of ether oxygens (including phenoxy) is 5. The Hall–Kier alpha value is -5.23. The van der Waals surface area contributed by atoms with Gasteiger partial charge in [0.25, 0.3) is 5.91 Å². The molecule has 13 heteroatoms. The van der Waals surface area contributed by atoms with Crippen molar-refractivity contribution in [1.82, 2.24) is 16.1 Å². The first-order valence-electron chi connectivity index (χ1n) is 14.9. The summed E-state index contributed by atoms with van der Waals surface area (Å²) >= 11 is 6.53. The van der Waals surface area contributed by atoms with Crippen molar-refractivity contribution in [3.05, 3.63) is 93.1 Å². The van der Waals surface area contributed by atoms with Crippen molar-refractivity contribution < 1.29 is 38.1 Å². The standard InChI is InChI=1S/C34H37ClN4O8/c1-6-44-28-15-23(14-25(35)32(28)47-18-22-10-8-9-20(3)13-22)17-36-39-29(40)19-46-26-12-11-24(16-27(26)43-5)31-30(33(41)45-7-2)21(4)37-34(42)38-31/h8-17,31H,6-7,18-19H2,1-5H3,(H,39,40)(H2,37,38,42)/b36-17-/t31-/m0/s1. The lowest BCUT2D eigenvalue weighted by Crippen LogP contribution is -2.45. The number of nitrogens with zero attached hydrogens (tertiary/aromatic N) is 1. The number of allylic oxidation sites excluding steroid dienone is 1. The Labute approximate surface area is 278 Å². The summed E-state index contributed by atoms with van der Waals surface area (Å²) in [4.78, 5) is 37.4. The molecule has 0 unspecified atom stereocenters. The SMILES string of the molecule is CCOC(=O)C1=C(C)NC(=O)N[C@H]1c1ccc(OCC(=O)N/N=C\c2cc(Cl)c(OCc3cccc(C)c3)c(OCC)c2)c(OC)c1. The van der Waals surface area contributed by atoms with Gasteiger partial charge in [0, 0.05) is 5.70 Å². The highest BCUT2D eigenvalue weighted by Crippen LogP contribution is 2.37. The van der Waals surface area contributed by atoms with Crippen LogP contribution in [0.1, 0.15) is 49.1 Å². The molecular weight excluding hydrogens is 628 g/mol. The molecule has 4 rings (SSSR count). The molecule has 1 aliphatic heterocycles. The Bertz CT molecular complexity index is 1690. The zero-order chi connectivity index (χ0) is 33.9. The number of esters is 1. The molecule has 0 radical (unpaired) electrons. The van der Waals surface area contributed by atoms with E-state index in [4.69, 9.17) is 35.3 Å². The summed E-state index contributed by atoms with van der Waals surface area (Å²) < 4.78 is 28.1. The number of urea groups is 1. The Balaban J connectivity index is 1.39. The van der Waals surface area contributed by atoms with E-state index in [1.165, 1.54) is 13.3 Å². The Morgan fingerprint density at radius 2 is 1.79 bits per heavy atom. The van der Waals surface area contributed by atoms with Crippen LogP contribution in [0.2, 0.25) is 5.02 Å². The number of nitrogens with one attached hydrogen (secondary N) is 3. The summed E-state index contributed by atoms with van der Waals surface area (Å²) in [7, 11) is 1.44. The first kappa shape index (κ1) is 34.6. The van der Waals surface area contributed by atoms with Gasteiger partial charge in [-0.25, -0.2) is 15.0 Å². The van der Waals surface area contributed by atoms with E-state index < -0.39 is 23.9 Å².